The maximum absolute atomic E-state index is 13.0. The molecule has 2 amide bonds. The third-order valence-electron chi connectivity index (χ3n) is 6.26. The van der Waals surface area contributed by atoms with Crippen molar-refractivity contribution in [3.8, 4) is 28.7 Å². The Morgan fingerprint density at radius 2 is 1.59 bits per heavy atom. The van der Waals surface area contributed by atoms with Crippen molar-refractivity contribution in [2.75, 3.05) is 34.5 Å². The number of hydrogen-bond acceptors (Lipinski definition) is 9. The molecule has 44 heavy (non-hydrogen) atoms. The molecule has 3 rings (SSSR count). The number of hydrogen-bond donors (Lipinski definition) is 2. The topological polar surface area (TPSA) is 134 Å². The van der Waals surface area contributed by atoms with Gasteiger partial charge in [0.15, 0.2) is 23.0 Å². The summed E-state index contributed by atoms with van der Waals surface area (Å²) in [7, 11) is 4.38. The van der Waals surface area contributed by atoms with Gasteiger partial charge in [0.1, 0.15) is 0 Å². The Kier molecular flexibility index (Phi) is 13.3. The van der Waals surface area contributed by atoms with Crippen LogP contribution in [0.5, 0.6) is 28.7 Å². The molecule has 3 aromatic carbocycles. The lowest BCUT2D eigenvalue weighted by Crippen LogP contribution is -2.24. The van der Waals surface area contributed by atoms with E-state index in [-0.39, 0.29) is 29.5 Å². The number of carbonyl (C=O) groups is 3. The molecule has 0 aliphatic heterocycles. The molecule has 0 aliphatic carbocycles. The minimum absolute atomic E-state index is 0.192. The van der Waals surface area contributed by atoms with Crippen molar-refractivity contribution in [3.05, 3.63) is 76.3 Å². The van der Waals surface area contributed by atoms with E-state index in [4.69, 9.17) is 35.3 Å². The van der Waals surface area contributed by atoms with E-state index in [2.05, 4.69) is 15.8 Å². The summed E-state index contributed by atoms with van der Waals surface area (Å²) in [6.45, 7) is 2.62. The molecule has 0 unspecified atom stereocenters. The highest BCUT2D eigenvalue weighted by atomic mass is 35.5. The highest BCUT2D eigenvalue weighted by molar-refractivity contribution is 6.33. The largest absolute Gasteiger partial charge is 0.493 e. The molecule has 0 bridgehead atoms. The number of unbranched alkanes of at least 4 members (excludes halogenated alkanes) is 2. The Morgan fingerprint density at radius 3 is 2.25 bits per heavy atom. The first kappa shape index (κ1) is 33.7. The van der Waals surface area contributed by atoms with Crippen LogP contribution in [-0.4, -0.2) is 58.5 Å². The molecule has 0 aliphatic rings. The van der Waals surface area contributed by atoms with Crippen LogP contribution in [0.25, 0.3) is 0 Å². The van der Waals surface area contributed by atoms with Gasteiger partial charge >= 0.3 is 5.97 Å². The van der Waals surface area contributed by atoms with Crippen LogP contribution in [0.2, 0.25) is 5.02 Å². The number of ether oxygens (including phenoxy) is 5. The maximum Gasteiger partial charge on any atom is 0.343 e. The van der Waals surface area contributed by atoms with Crippen molar-refractivity contribution in [3.63, 3.8) is 0 Å². The number of carbonyl (C=O) groups excluding carboxylic acids is 3. The zero-order valence-electron chi connectivity index (χ0n) is 25.1. The molecule has 0 aromatic heterocycles. The third-order valence-corrected chi connectivity index (χ3v) is 6.59. The van der Waals surface area contributed by atoms with Gasteiger partial charge < -0.3 is 29.0 Å². The quantitative estimate of drug-likeness (QED) is 0.0708. The van der Waals surface area contributed by atoms with Crippen molar-refractivity contribution in [2.24, 2.45) is 5.10 Å². The summed E-state index contributed by atoms with van der Waals surface area (Å²) in [5.74, 6) is 0.406. The minimum atomic E-state index is -0.651. The van der Waals surface area contributed by atoms with Gasteiger partial charge in [-0.15, -0.1) is 0 Å². The number of rotatable bonds is 16. The van der Waals surface area contributed by atoms with E-state index in [0.717, 1.165) is 12.8 Å². The van der Waals surface area contributed by atoms with Gasteiger partial charge in [0.2, 0.25) is 11.7 Å². The maximum atomic E-state index is 13.0. The fourth-order valence-electron chi connectivity index (χ4n) is 4.08. The van der Waals surface area contributed by atoms with Gasteiger partial charge in [-0.25, -0.2) is 10.2 Å². The van der Waals surface area contributed by atoms with Gasteiger partial charge in [0.25, 0.3) is 5.91 Å². The average molecular weight is 626 g/mol. The first-order valence-electron chi connectivity index (χ1n) is 13.9. The summed E-state index contributed by atoms with van der Waals surface area (Å²) in [5, 5.41) is 7.25. The SMILES string of the molecule is CCOc1cc(C=NNC(=O)CCCCCNC(=O)c2ccccc2Cl)ccc1OC(=O)c1cc(OC)c(OC)c(OC)c1. The number of amides is 2. The smallest absolute Gasteiger partial charge is 0.343 e. The Balaban J connectivity index is 1.49. The van der Waals surface area contributed by atoms with Crippen molar-refractivity contribution in [2.45, 2.75) is 32.6 Å². The van der Waals surface area contributed by atoms with E-state index in [0.29, 0.717) is 58.7 Å². The van der Waals surface area contributed by atoms with E-state index >= 15 is 0 Å². The number of nitrogens with one attached hydrogen (secondary N) is 2. The molecule has 0 spiro atoms. The van der Waals surface area contributed by atoms with Crippen LogP contribution in [0.15, 0.2) is 59.7 Å². The van der Waals surface area contributed by atoms with E-state index < -0.39 is 5.97 Å². The minimum Gasteiger partial charge on any atom is -0.493 e. The predicted octanol–water partition coefficient (Wildman–Crippen LogP) is 5.42. The summed E-state index contributed by atoms with van der Waals surface area (Å²) in [6, 6.07) is 14.7. The fourth-order valence-corrected chi connectivity index (χ4v) is 4.30. The summed E-state index contributed by atoms with van der Waals surface area (Å²) in [5.41, 5.74) is 3.75. The van der Waals surface area contributed by atoms with Crippen LogP contribution in [0.1, 0.15) is 58.9 Å². The van der Waals surface area contributed by atoms with Gasteiger partial charge in [0, 0.05) is 13.0 Å². The van der Waals surface area contributed by atoms with Crippen molar-refractivity contribution < 1.29 is 38.1 Å². The van der Waals surface area contributed by atoms with E-state index in [1.165, 1.54) is 39.7 Å². The van der Waals surface area contributed by atoms with Gasteiger partial charge in [-0.05, 0) is 67.8 Å². The van der Waals surface area contributed by atoms with Gasteiger partial charge in [-0.2, -0.15) is 5.10 Å². The molecule has 11 nitrogen and oxygen atoms in total. The number of nitrogens with zero attached hydrogens (tertiary/aromatic N) is 1. The van der Waals surface area contributed by atoms with Crippen LogP contribution in [0, 0.1) is 0 Å². The Hall–Kier alpha value is -4.77. The number of benzene rings is 3. The molecule has 0 fully saturated rings. The Morgan fingerprint density at radius 1 is 0.864 bits per heavy atom. The second-order valence-electron chi connectivity index (χ2n) is 9.28. The second kappa shape index (κ2) is 17.4. The number of halogens is 1. The van der Waals surface area contributed by atoms with Crippen LogP contribution in [0.3, 0.4) is 0 Å². The van der Waals surface area contributed by atoms with E-state index in [9.17, 15) is 14.4 Å². The molecular weight excluding hydrogens is 590 g/mol. The zero-order valence-corrected chi connectivity index (χ0v) is 25.9. The van der Waals surface area contributed by atoms with Crippen LogP contribution >= 0.6 is 11.6 Å². The van der Waals surface area contributed by atoms with Crippen LogP contribution < -0.4 is 34.4 Å². The first-order valence-corrected chi connectivity index (χ1v) is 14.3. The molecule has 0 saturated carbocycles. The summed E-state index contributed by atoms with van der Waals surface area (Å²) in [6.07, 6.45) is 3.88. The highest BCUT2D eigenvalue weighted by Gasteiger charge is 2.20. The normalized spacial score (nSPS) is 10.7. The van der Waals surface area contributed by atoms with Gasteiger partial charge in [-0.1, -0.05) is 30.2 Å². The number of methoxy groups -OCH3 is 3. The molecule has 0 radical (unpaired) electrons. The molecule has 234 valence electrons. The third kappa shape index (κ3) is 9.63. The average Bonchev–Trinajstić information content (AvgIpc) is 3.03. The Bertz CT molecular complexity index is 1450. The number of hydrazone groups is 1. The molecule has 2 N–H and O–H groups in total. The molecule has 0 heterocycles. The number of esters is 1. The monoisotopic (exact) mass is 625 g/mol. The lowest BCUT2D eigenvalue weighted by Gasteiger charge is -2.15. The van der Waals surface area contributed by atoms with Crippen LogP contribution in [-0.2, 0) is 4.79 Å². The summed E-state index contributed by atoms with van der Waals surface area (Å²) in [4.78, 5) is 37.3. The van der Waals surface area contributed by atoms with Gasteiger partial charge in [-0.3, -0.25) is 9.59 Å². The molecule has 3 aromatic rings. The van der Waals surface area contributed by atoms with Crippen LogP contribution in [0.4, 0.5) is 0 Å². The van der Waals surface area contributed by atoms with Crippen molar-refractivity contribution in [1.82, 2.24) is 10.7 Å². The lowest BCUT2D eigenvalue weighted by molar-refractivity contribution is -0.121. The van der Waals surface area contributed by atoms with Crippen molar-refractivity contribution in [1.29, 1.82) is 0 Å². The first-order chi connectivity index (χ1) is 21.3. The predicted molar refractivity (Wildman–Crippen MR) is 167 cm³/mol. The molecule has 12 heteroatoms. The summed E-state index contributed by atoms with van der Waals surface area (Å²) < 4.78 is 27.2. The van der Waals surface area contributed by atoms with E-state index in [1.807, 2.05) is 0 Å². The Labute approximate surface area is 261 Å². The molecule has 0 atom stereocenters. The molecular formula is C32H36ClN3O8. The molecule has 0 saturated heterocycles. The van der Waals surface area contributed by atoms with Crippen molar-refractivity contribution >= 4 is 35.6 Å². The second-order valence-corrected chi connectivity index (χ2v) is 9.69. The van der Waals surface area contributed by atoms with E-state index in [1.54, 1.807) is 49.4 Å². The lowest BCUT2D eigenvalue weighted by atomic mass is 10.1. The summed E-state index contributed by atoms with van der Waals surface area (Å²) >= 11 is 6.04. The fraction of sp³-hybridized carbons (Fsp3) is 0.312. The van der Waals surface area contributed by atoms with Gasteiger partial charge in [0.05, 0.1) is 50.3 Å². The highest BCUT2D eigenvalue weighted by Crippen LogP contribution is 2.39. The standard InChI is InChI=1S/C32H36ClN3O8/c1-5-43-26-17-21(14-15-25(26)44-32(39)22-18-27(40-2)30(42-4)28(19-22)41-3)20-35-36-29(37)13-7-6-10-16-34-31(38)23-11-8-9-12-24(23)33/h8-9,11-12,14-15,17-20H,5-7,10,13,16H2,1-4H3,(H,34,38)(H,36,37). The zero-order chi connectivity index (χ0) is 31.9.